The Hall–Kier alpha value is -1.36. The van der Waals surface area contributed by atoms with Crippen LogP contribution in [0.15, 0.2) is 24.3 Å². The molecule has 0 atom stereocenters. The maximum atomic E-state index is 12.0. The van der Waals surface area contributed by atoms with Gasteiger partial charge in [0.25, 0.3) is 0 Å². The van der Waals surface area contributed by atoms with Crippen LogP contribution in [-0.4, -0.2) is 26.9 Å². The minimum absolute atomic E-state index is 0.142. The van der Waals surface area contributed by atoms with E-state index in [9.17, 15) is 8.78 Å². The molecule has 0 saturated heterocycles. The first-order chi connectivity index (χ1) is 7.24. The van der Waals surface area contributed by atoms with Crippen LogP contribution in [0.4, 0.5) is 14.5 Å². The van der Waals surface area contributed by atoms with Crippen LogP contribution in [-0.2, 0) is 4.74 Å². The first-order valence-corrected chi connectivity index (χ1v) is 4.50. The van der Waals surface area contributed by atoms with E-state index < -0.39 is 6.61 Å². The highest BCUT2D eigenvalue weighted by Crippen LogP contribution is 2.24. The second-order valence-electron chi connectivity index (χ2n) is 2.79. The summed E-state index contributed by atoms with van der Waals surface area (Å²) >= 11 is 0. The van der Waals surface area contributed by atoms with Gasteiger partial charge in [-0.25, -0.2) is 0 Å². The Balaban J connectivity index is 2.60. The number of hydrogen-bond donors (Lipinski definition) is 1. The summed E-state index contributed by atoms with van der Waals surface area (Å²) in [5.41, 5.74) is 0.537. The fourth-order valence-corrected chi connectivity index (χ4v) is 1.10. The molecule has 0 aromatic heterocycles. The smallest absolute Gasteiger partial charge is 0.387 e. The molecule has 1 aromatic carbocycles. The van der Waals surface area contributed by atoms with Crippen molar-refractivity contribution in [3.63, 3.8) is 0 Å². The zero-order valence-corrected chi connectivity index (χ0v) is 8.37. The minimum atomic E-state index is -2.81. The van der Waals surface area contributed by atoms with Gasteiger partial charge in [-0.2, -0.15) is 8.78 Å². The maximum absolute atomic E-state index is 12.0. The zero-order valence-electron chi connectivity index (χ0n) is 8.37. The molecule has 0 unspecified atom stereocenters. The first kappa shape index (κ1) is 11.7. The van der Waals surface area contributed by atoms with E-state index in [-0.39, 0.29) is 5.75 Å². The Bertz CT molecular complexity index is 295. The molecule has 0 heterocycles. The number of ether oxygens (including phenoxy) is 2. The van der Waals surface area contributed by atoms with Crippen LogP contribution in [0.25, 0.3) is 0 Å². The van der Waals surface area contributed by atoms with Gasteiger partial charge in [-0.3, -0.25) is 0 Å². The van der Waals surface area contributed by atoms with Crippen LogP contribution in [0.1, 0.15) is 0 Å². The maximum Gasteiger partial charge on any atom is 0.387 e. The lowest BCUT2D eigenvalue weighted by molar-refractivity contribution is -0.0493. The lowest BCUT2D eigenvalue weighted by atomic mass is 10.3. The lowest BCUT2D eigenvalue weighted by Crippen LogP contribution is -2.10. The second kappa shape index (κ2) is 6.19. The Labute approximate surface area is 87.0 Å². The van der Waals surface area contributed by atoms with Gasteiger partial charge in [0.2, 0.25) is 0 Å². The highest BCUT2D eigenvalue weighted by Gasteiger charge is 2.07. The van der Waals surface area contributed by atoms with E-state index in [0.717, 1.165) is 0 Å². The van der Waals surface area contributed by atoms with Gasteiger partial charge in [-0.1, -0.05) is 12.1 Å². The molecule has 1 aromatic rings. The van der Waals surface area contributed by atoms with Gasteiger partial charge in [0.05, 0.1) is 12.3 Å². The van der Waals surface area contributed by atoms with Gasteiger partial charge in [0, 0.05) is 13.7 Å². The second-order valence-corrected chi connectivity index (χ2v) is 2.79. The molecule has 0 radical (unpaired) electrons. The summed E-state index contributed by atoms with van der Waals surface area (Å²) in [4.78, 5) is 0. The normalized spacial score (nSPS) is 10.4. The highest BCUT2D eigenvalue weighted by atomic mass is 19.3. The summed E-state index contributed by atoms with van der Waals surface area (Å²) in [6, 6.07) is 6.54. The fourth-order valence-electron chi connectivity index (χ4n) is 1.10. The van der Waals surface area contributed by atoms with Crippen LogP contribution in [0.2, 0.25) is 0 Å². The predicted octanol–water partition coefficient (Wildman–Crippen LogP) is 2.35. The quantitative estimate of drug-likeness (QED) is 0.742. The Morgan fingerprint density at radius 1 is 1.33 bits per heavy atom. The standard InChI is InChI=1S/C10H13F2NO2/c1-14-7-6-13-8-4-2-3-5-9(8)15-10(11)12/h2-5,10,13H,6-7H2,1H3. The average molecular weight is 217 g/mol. The van der Waals surface area contributed by atoms with Crippen LogP contribution in [0.3, 0.4) is 0 Å². The van der Waals surface area contributed by atoms with Crippen LogP contribution >= 0.6 is 0 Å². The van der Waals surface area contributed by atoms with Gasteiger partial charge < -0.3 is 14.8 Å². The highest BCUT2D eigenvalue weighted by molar-refractivity contribution is 5.56. The summed E-state index contributed by atoms with van der Waals surface area (Å²) < 4.78 is 33.2. The molecular weight excluding hydrogens is 204 g/mol. The van der Waals surface area contributed by atoms with Crippen LogP contribution in [0, 0.1) is 0 Å². The molecule has 0 aliphatic heterocycles. The zero-order chi connectivity index (χ0) is 11.1. The van der Waals surface area contributed by atoms with Crippen molar-refractivity contribution in [2.75, 3.05) is 25.6 Å². The lowest BCUT2D eigenvalue weighted by Gasteiger charge is -2.11. The number of benzene rings is 1. The van der Waals surface area contributed by atoms with E-state index in [0.29, 0.717) is 18.8 Å². The molecule has 1 rings (SSSR count). The van der Waals surface area contributed by atoms with Crippen molar-refractivity contribution in [2.45, 2.75) is 6.61 Å². The number of methoxy groups -OCH3 is 1. The number of hydrogen-bond acceptors (Lipinski definition) is 3. The van der Waals surface area contributed by atoms with Crippen LogP contribution < -0.4 is 10.1 Å². The fraction of sp³-hybridized carbons (Fsp3) is 0.400. The Morgan fingerprint density at radius 2 is 2.07 bits per heavy atom. The topological polar surface area (TPSA) is 30.5 Å². The Kier molecular flexibility index (Phi) is 4.83. The van der Waals surface area contributed by atoms with Gasteiger partial charge in [-0.05, 0) is 12.1 Å². The molecule has 5 heteroatoms. The van der Waals surface area contributed by atoms with Crippen molar-refractivity contribution in [2.24, 2.45) is 0 Å². The number of nitrogens with one attached hydrogen (secondary N) is 1. The van der Waals surface area contributed by atoms with Crippen molar-refractivity contribution in [3.05, 3.63) is 24.3 Å². The number of alkyl halides is 2. The largest absolute Gasteiger partial charge is 0.433 e. The predicted molar refractivity (Wildman–Crippen MR) is 53.4 cm³/mol. The number of rotatable bonds is 6. The minimum Gasteiger partial charge on any atom is -0.433 e. The van der Waals surface area contributed by atoms with Gasteiger partial charge in [-0.15, -0.1) is 0 Å². The Morgan fingerprint density at radius 3 is 2.73 bits per heavy atom. The van der Waals surface area contributed by atoms with E-state index in [1.54, 1.807) is 25.3 Å². The molecule has 15 heavy (non-hydrogen) atoms. The third-order valence-electron chi connectivity index (χ3n) is 1.72. The molecule has 3 nitrogen and oxygen atoms in total. The molecule has 0 spiro atoms. The van der Waals surface area contributed by atoms with Crippen molar-refractivity contribution in [3.8, 4) is 5.75 Å². The van der Waals surface area contributed by atoms with Gasteiger partial charge in [0.1, 0.15) is 5.75 Å². The van der Waals surface area contributed by atoms with E-state index >= 15 is 0 Å². The SMILES string of the molecule is COCCNc1ccccc1OC(F)F. The number of anilines is 1. The van der Waals surface area contributed by atoms with Crippen molar-refractivity contribution >= 4 is 5.69 Å². The van der Waals surface area contributed by atoms with Crippen molar-refractivity contribution in [1.29, 1.82) is 0 Å². The molecule has 0 aliphatic carbocycles. The third kappa shape index (κ3) is 4.12. The van der Waals surface area contributed by atoms with E-state index in [4.69, 9.17) is 4.74 Å². The molecule has 0 saturated carbocycles. The summed E-state index contributed by atoms with van der Waals surface area (Å²) in [5.74, 6) is 0.142. The monoisotopic (exact) mass is 217 g/mol. The molecule has 0 amide bonds. The van der Waals surface area contributed by atoms with Crippen molar-refractivity contribution in [1.82, 2.24) is 0 Å². The van der Waals surface area contributed by atoms with Crippen LogP contribution in [0.5, 0.6) is 5.75 Å². The molecule has 0 fully saturated rings. The number of para-hydroxylation sites is 2. The van der Waals surface area contributed by atoms with E-state index in [1.165, 1.54) is 6.07 Å². The summed E-state index contributed by atoms with van der Waals surface area (Å²) in [6.07, 6.45) is 0. The molecule has 84 valence electrons. The third-order valence-corrected chi connectivity index (χ3v) is 1.72. The summed E-state index contributed by atoms with van der Waals surface area (Å²) in [7, 11) is 1.57. The summed E-state index contributed by atoms with van der Waals surface area (Å²) in [6.45, 7) is -1.77. The van der Waals surface area contributed by atoms with Gasteiger partial charge >= 0.3 is 6.61 Å². The average Bonchev–Trinajstić information content (AvgIpc) is 2.20. The number of halogens is 2. The summed E-state index contributed by atoms with van der Waals surface area (Å²) in [5, 5.41) is 2.94. The van der Waals surface area contributed by atoms with Gasteiger partial charge in [0.15, 0.2) is 0 Å². The molecular formula is C10H13F2NO2. The molecule has 0 aliphatic rings. The molecule has 1 N–H and O–H groups in total. The van der Waals surface area contributed by atoms with E-state index in [1.807, 2.05) is 0 Å². The van der Waals surface area contributed by atoms with E-state index in [2.05, 4.69) is 10.1 Å². The first-order valence-electron chi connectivity index (χ1n) is 4.50. The van der Waals surface area contributed by atoms with Crippen molar-refractivity contribution < 1.29 is 18.3 Å². The molecule has 0 bridgehead atoms.